The van der Waals surface area contributed by atoms with E-state index >= 15 is 0 Å². The van der Waals surface area contributed by atoms with Crippen molar-refractivity contribution >= 4 is 5.91 Å². The first-order valence-electron chi connectivity index (χ1n) is 9.90. The number of carbonyl (C=O) groups is 1. The van der Waals surface area contributed by atoms with Crippen LogP contribution in [0.3, 0.4) is 0 Å². The lowest BCUT2D eigenvalue weighted by molar-refractivity contribution is -0.134. The fourth-order valence-corrected chi connectivity index (χ4v) is 3.87. The Hall–Kier alpha value is -2.21. The fourth-order valence-electron chi connectivity index (χ4n) is 3.87. The molecule has 1 aliphatic rings. The van der Waals surface area contributed by atoms with E-state index in [9.17, 15) is 4.79 Å². The van der Waals surface area contributed by atoms with Gasteiger partial charge in [0.15, 0.2) is 0 Å². The average molecular weight is 370 g/mol. The molecule has 1 aliphatic heterocycles. The van der Waals surface area contributed by atoms with Crippen molar-refractivity contribution in [2.24, 2.45) is 5.92 Å². The summed E-state index contributed by atoms with van der Waals surface area (Å²) in [5.41, 5.74) is 4.55. The molecule has 1 fully saturated rings. The first kappa shape index (κ1) is 19.5. The third kappa shape index (κ3) is 4.56. The van der Waals surface area contributed by atoms with E-state index in [0.717, 1.165) is 43.9 Å². The number of aromatic nitrogens is 3. The van der Waals surface area contributed by atoms with Crippen LogP contribution in [0, 0.1) is 19.8 Å². The minimum Gasteiger partial charge on any atom is -0.333 e. The molecule has 3 rings (SSSR count). The standard InChI is InChI=1S/C21H31N5O/c1-15(2)14-26-17(4)19(16(3)24-26)7-8-21(27)25-11-10-23-13-20(25)18-6-5-9-22-12-18/h5-6,9,12,15,20,23H,7-8,10-11,13-14H2,1-4H3. The van der Waals surface area contributed by atoms with Gasteiger partial charge in [0.2, 0.25) is 5.91 Å². The molecular weight excluding hydrogens is 338 g/mol. The van der Waals surface area contributed by atoms with Gasteiger partial charge in [-0.05, 0) is 43.4 Å². The normalized spacial score (nSPS) is 17.5. The molecule has 0 saturated carbocycles. The predicted octanol–water partition coefficient (Wildman–Crippen LogP) is 2.66. The van der Waals surface area contributed by atoms with E-state index in [0.29, 0.717) is 12.3 Å². The lowest BCUT2D eigenvalue weighted by atomic mass is 10.0. The Morgan fingerprint density at radius 2 is 2.19 bits per heavy atom. The summed E-state index contributed by atoms with van der Waals surface area (Å²) in [6, 6.07) is 4.04. The second kappa shape index (κ2) is 8.65. The molecule has 1 atom stereocenters. The molecule has 1 saturated heterocycles. The molecule has 146 valence electrons. The van der Waals surface area contributed by atoms with E-state index in [1.54, 1.807) is 6.20 Å². The third-order valence-electron chi connectivity index (χ3n) is 5.29. The van der Waals surface area contributed by atoms with Crippen LogP contribution in [-0.2, 0) is 17.8 Å². The Bertz CT molecular complexity index is 768. The SMILES string of the molecule is Cc1nn(CC(C)C)c(C)c1CCC(=O)N1CCNCC1c1cccnc1. The van der Waals surface area contributed by atoms with Gasteiger partial charge in [-0.1, -0.05) is 19.9 Å². The van der Waals surface area contributed by atoms with E-state index in [-0.39, 0.29) is 11.9 Å². The maximum atomic E-state index is 13.0. The fraction of sp³-hybridized carbons (Fsp3) is 0.571. The molecule has 0 bridgehead atoms. The van der Waals surface area contributed by atoms with Crippen LogP contribution in [0.1, 0.15) is 48.8 Å². The first-order chi connectivity index (χ1) is 13.0. The summed E-state index contributed by atoms with van der Waals surface area (Å²) in [6.45, 7) is 11.8. The summed E-state index contributed by atoms with van der Waals surface area (Å²) in [5.74, 6) is 0.763. The van der Waals surface area contributed by atoms with E-state index < -0.39 is 0 Å². The number of carbonyl (C=O) groups excluding carboxylic acids is 1. The number of nitrogens with zero attached hydrogens (tertiary/aromatic N) is 4. The van der Waals surface area contributed by atoms with Gasteiger partial charge in [0.25, 0.3) is 0 Å². The molecule has 0 aliphatic carbocycles. The van der Waals surface area contributed by atoms with Crippen molar-refractivity contribution in [2.75, 3.05) is 19.6 Å². The topological polar surface area (TPSA) is 63.1 Å². The number of hydrogen-bond donors (Lipinski definition) is 1. The molecule has 2 aromatic heterocycles. The summed E-state index contributed by atoms with van der Waals surface area (Å²) in [4.78, 5) is 19.2. The highest BCUT2D eigenvalue weighted by atomic mass is 16.2. The van der Waals surface area contributed by atoms with Crippen molar-refractivity contribution in [3.8, 4) is 0 Å². The molecule has 1 N–H and O–H groups in total. The quantitative estimate of drug-likeness (QED) is 0.850. The third-order valence-corrected chi connectivity index (χ3v) is 5.29. The Morgan fingerprint density at radius 1 is 1.37 bits per heavy atom. The van der Waals surface area contributed by atoms with Crippen molar-refractivity contribution in [3.63, 3.8) is 0 Å². The number of nitrogens with one attached hydrogen (secondary N) is 1. The van der Waals surface area contributed by atoms with Crippen molar-refractivity contribution < 1.29 is 4.79 Å². The zero-order valence-corrected chi connectivity index (χ0v) is 16.9. The summed E-state index contributed by atoms with van der Waals surface area (Å²) >= 11 is 0. The number of piperazine rings is 1. The van der Waals surface area contributed by atoms with Gasteiger partial charge in [0.05, 0.1) is 11.7 Å². The monoisotopic (exact) mass is 369 g/mol. The molecule has 0 radical (unpaired) electrons. The van der Waals surface area contributed by atoms with Crippen LogP contribution in [0.25, 0.3) is 0 Å². The molecule has 6 heteroatoms. The van der Waals surface area contributed by atoms with Gasteiger partial charge < -0.3 is 10.2 Å². The largest absolute Gasteiger partial charge is 0.333 e. The molecule has 1 amide bonds. The van der Waals surface area contributed by atoms with Crippen molar-refractivity contribution in [1.82, 2.24) is 25.0 Å². The minimum absolute atomic E-state index is 0.0609. The Labute approximate surface area is 162 Å². The molecule has 6 nitrogen and oxygen atoms in total. The van der Waals surface area contributed by atoms with Crippen LogP contribution in [-0.4, -0.2) is 45.2 Å². The molecule has 0 spiro atoms. The van der Waals surface area contributed by atoms with Gasteiger partial charge in [0, 0.05) is 50.7 Å². The average Bonchev–Trinajstić information content (AvgIpc) is 2.93. The summed E-state index contributed by atoms with van der Waals surface area (Å²) < 4.78 is 2.09. The van der Waals surface area contributed by atoms with Crippen LogP contribution >= 0.6 is 0 Å². The van der Waals surface area contributed by atoms with Crippen LogP contribution in [0.2, 0.25) is 0 Å². The smallest absolute Gasteiger partial charge is 0.223 e. The zero-order valence-electron chi connectivity index (χ0n) is 16.9. The molecular formula is C21H31N5O. The molecule has 3 heterocycles. The zero-order chi connectivity index (χ0) is 19.4. The van der Waals surface area contributed by atoms with Crippen LogP contribution in [0.5, 0.6) is 0 Å². The number of amides is 1. The number of pyridine rings is 1. The first-order valence-corrected chi connectivity index (χ1v) is 9.90. The summed E-state index contributed by atoms with van der Waals surface area (Å²) in [7, 11) is 0. The lowest BCUT2D eigenvalue weighted by Gasteiger charge is -2.36. The summed E-state index contributed by atoms with van der Waals surface area (Å²) in [6.07, 6.45) is 4.90. The van der Waals surface area contributed by atoms with Gasteiger partial charge in [-0.25, -0.2) is 0 Å². The Morgan fingerprint density at radius 3 is 2.89 bits per heavy atom. The Balaban J connectivity index is 1.69. The van der Waals surface area contributed by atoms with Gasteiger partial charge in [-0.15, -0.1) is 0 Å². The highest BCUT2D eigenvalue weighted by molar-refractivity contribution is 5.77. The van der Waals surface area contributed by atoms with Gasteiger partial charge >= 0.3 is 0 Å². The highest BCUT2D eigenvalue weighted by Crippen LogP contribution is 2.23. The van der Waals surface area contributed by atoms with Crippen LogP contribution < -0.4 is 5.32 Å². The van der Waals surface area contributed by atoms with Gasteiger partial charge in [0.1, 0.15) is 0 Å². The van der Waals surface area contributed by atoms with Gasteiger partial charge in [-0.2, -0.15) is 5.10 Å². The number of aryl methyl sites for hydroxylation is 1. The van der Waals surface area contributed by atoms with Crippen LogP contribution in [0.4, 0.5) is 0 Å². The van der Waals surface area contributed by atoms with Crippen molar-refractivity contribution in [1.29, 1.82) is 0 Å². The highest BCUT2D eigenvalue weighted by Gasteiger charge is 2.28. The maximum Gasteiger partial charge on any atom is 0.223 e. The van der Waals surface area contributed by atoms with Crippen molar-refractivity contribution in [2.45, 2.75) is 53.1 Å². The molecule has 1 unspecified atom stereocenters. The van der Waals surface area contributed by atoms with E-state index in [2.05, 4.69) is 46.9 Å². The van der Waals surface area contributed by atoms with E-state index in [4.69, 9.17) is 0 Å². The second-order valence-electron chi connectivity index (χ2n) is 7.82. The number of hydrogen-bond acceptors (Lipinski definition) is 4. The lowest BCUT2D eigenvalue weighted by Crippen LogP contribution is -2.48. The maximum absolute atomic E-state index is 13.0. The Kier molecular flexibility index (Phi) is 6.26. The van der Waals surface area contributed by atoms with Gasteiger partial charge in [-0.3, -0.25) is 14.5 Å². The molecule has 0 aromatic carbocycles. The van der Waals surface area contributed by atoms with Crippen LogP contribution in [0.15, 0.2) is 24.5 Å². The molecule has 27 heavy (non-hydrogen) atoms. The molecule has 2 aromatic rings. The summed E-state index contributed by atoms with van der Waals surface area (Å²) in [5, 5.41) is 8.07. The van der Waals surface area contributed by atoms with Crippen molar-refractivity contribution in [3.05, 3.63) is 47.0 Å². The number of rotatable bonds is 6. The van der Waals surface area contributed by atoms with E-state index in [1.165, 1.54) is 11.3 Å². The predicted molar refractivity (Wildman–Crippen MR) is 106 cm³/mol. The second-order valence-corrected chi connectivity index (χ2v) is 7.82. The minimum atomic E-state index is 0.0609. The van der Waals surface area contributed by atoms with E-state index in [1.807, 2.05) is 24.1 Å².